The van der Waals surface area contributed by atoms with E-state index in [2.05, 4.69) is 13.8 Å². The zero-order chi connectivity index (χ0) is 12.8. The lowest BCUT2D eigenvalue weighted by Crippen LogP contribution is -2.07. The molecule has 0 aliphatic heterocycles. The Morgan fingerprint density at radius 1 is 1.41 bits per heavy atom. The van der Waals surface area contributed by atoms with Crippen LogP contribution in [0.25, 0.3) is 6.08 Å². The number of rotatable bonds is 4. The molecule has 1 rings (SSSR count). The summed E-state index contributed by atoms with van der Waals surface area (Å²) in [5.41, 5.74) is 1.49. The van der Waals surface area contributed by atoms with Crippen LogP contribution in [0.3, 0.4) is 0 Å². The SMILES string of the molecule is COC(=O)/C(=C/c1ccccc1Cl)CC(C)C. The summed E-state index contributed by atoms with van der Waals surface area (Å²) < 4.78 is 4.78. The molecule has 92 valence electrons. The summed E-state index contributed by atoms with van der Waals surface area (Å²) in [5, 5.41) is 0.637. The molecule has 0 unspecified atom stereocenters. The number of halogens is 1. The third-order valence-electron chi connectivity index (χ3n) is 2.31. The van der Waals surface area contributed by atoms with Gasteiger partial charge in [-0.15, -0.1) is 0 Å². The topological polar surface area (TPSA) is 26.3 Å². The van der Waals surface area contributed by atoms with Gasteiger partial charge in [0.1, 0.15) is 0 Å². The second-order valence-corrected chi connectivity index (χ2v) is 4.69. The molecule has 2 nitrogen and oxygen atoms in total. The minimum absolute atomic E-state index is 0.293. The maximum Gasteiger partial charge on any atom is 0.333 e. The van der Waals surface area contributed by atoms with Crippen molar-refractivity contribution in [2.45, 2.75) is 20.3 Å². The number of benzene rings is 1. The van der Waals surface area contributed by atoms with Gasteiger partial charge >= 0.3 is 5.97 Å². The van der Waals surface area contributed by atoms with Crippen molar-refractivity contribution in [2.75, 3.05) is 7.11 Å². The Labute approximate surface area is 107 Å². The number of methoxy groups -OCH3 is 1. The van der Waals surface area contributed by atoms with E-state index >= 15 is 0 Å². The summed E-state index contributed by atoms with van der Waals surface area (Å²) in [6.07, 6.45) is 2.48. The first-order chi connectivity index (χ1) is 8.04. The number of carbonyl (C=O) groups excluding carboxylic acids is 1. The molecule has 0 atom stereocenters. The number of hydrogen-bond acceptors (Lipinski definition) is 2. The van der Waals surface area contributed by atoms with Crippen LogP contribution in [0.4, 0.5) is 0 Å². The predicted molar refractivity (Wildman–Crippen MR) is 70.9 cm³/mol. The van der Waals surface area contributed by atoms with Crippen LogP contribution in [0, 0.1) is 5.92 Å². The van der Waals surface area contributed by atoms with Crippen molar-refractivity contribution >= 4 is 23.6 Å². The molecule has 1 aromatic rings. The smallest absolute Gasteiger partial charge is 0.333 e. The molecule has 1 aromatic carbocycles. The van der Waals surface area contributed by atoms with E-state index in [4.69, 9.17) is 16.3 Å². The summed E-state index contributed by atoms with van der Waals surface area (Å²) in [4.78, 5) is 11.6. The van der Waals surface area contributed by atoms with Gasteiger partial charge in [0.05, 0.1) is 7.11 Å². The molecule has 0 aliphatic rings. The van der Waals surface area contributed by atoms with E-state index in [1.165, 1.54) is 7.11 Å². The minimum Gasteiger partial charge on any atom is -0.466 e. The van der Waals surface area contributed by atoms with Crippen molar-refractivity contribution in [3.05, 3.63) is 40.4 Å². The number of esters is 1. The van der Waals surface area contributed by atoms with Gasteiger partial charge in [0.15, 0.2) is 0 Å². The van der Waals surface area contributed by atoms with Gasteiger partial charge in [-0.3, -0.25) is 0 Å². The summed E-state index contributed by atoms with van der Waals surface area (Å²) in [6, 6.07) is 7.44. The van der Waals surface area contributed by atoms with Gasteiger partial charge in [0, 0.05) is 10.6 Å². The Balaban J connectivity index is 3.05. The Bertz CT molecular complexity index is 422. The van der Waals surface area contributed by atoms with Crippen LogP contribution in [0.15, 0.2) is 29.8 Å². The van der Waals surface area contributed by atoms with E-state index in [1.54, 1.807) is 12.1 Å². The Morgan fingerprint density at radius 3 is 2.59 bits per heavy atom. The highest BCUT2D eigenvalue weighted by Crippen LogP contribution is 2.21. The second kappa shape index (κ2) is 6.45. The van der Waals surface area contributed by atoms with E-state index in [0.29, 0.717) is 22.9 Å². The number of hydrogen-bond donors (Lipinski definition) is 0. The first-order valence-corrected chi connectivity index (χ1v) is 5.95. The number of ether oxygens (including phenoxy) is 1. The highest BCUT2D eigenvalue weighted by Gasteiger charge is 2.12. The van der Waals surface area contributed by atoms with Crippen LogP contribution in [0.2, 0.25) is 5.02 Å². The van der Waals surface area contributed by atoms with Gasteiger partial charge < -0.3 is 4.74 Å². The Kier molecular flexibility index (Phi) is 5.23. The molecule has 0 saturated heterocycles. The largest absolute Gasteiger partial charge is 0.466 e. The maximum atomic E-state index is 11.6. The van der Waals surface area contributed by atoms with Crippen molar-refractivity contribution < 1.29 is 9.53 Å². The molecule has 0 N–H and O–H groups in total. The van der Waals surface area contributed by atoms with E-state index in [0.717, 1.165) is 5.56 Å². The van der Waals surface area contributed by atoms with Gasteiger partial charge in [-0.2, -0.15) is 0 Å². The molecule has 17 heavy (non-hydrogen) atoms. The molecule has 0 aromatic heterocycles. The summed E-state index contributed by atoms with van der Waals surface area (Å²) in [6.45, 7) is 4.12. The average Bonchev–Trinajstić information content (AvgIpc) is 2.29. The van der Waals surface area contributed by atoms with Crippen molar-refractivity contribution in [3.8, 4) is 0 Å². The van der Waals surface area contributed by atoms with Gasteiger partial charge in [0.2, 0.25) is 0 Å². The third-order valence-corrected chi connectivity index (χ3v) is 2.65. The van der Waals surface area contributed by atoms with E-state index in [1.807, 2.05) is 18.2 Å². The first kappa shape index (κ1) is 13.8. The Hall–Kier alpha value is -1.28. The molecule has 0 bridgehead atoms. The van der Waals surface area contributed by atoms with Crippen molar-refractivity contribution in [2.24, 2.45) is 5.92 Å². The van der Waals surface area contributed by atoms with Gasteiger partial charge in [-0.1, -0.05) is 43.6 Å². The summed E-state index contributed by atoms with van der Waals surface area (Å²) in [7, 11) is 1.39. The molecule has 0 saturated carbocycles. The van der Waals surface area contributed by atoms with Crippen LogP contribution in [-0.2, 0) is 9.53 Å². The third kappa shape index (κ3) is 4.23. The fourth-order valence-electron chi connectivity index (χ4n) is 1.55. The zero-order valence-electron chi connectivity index (χ0n) is 10.4. The van der Waals surface area contributed by atoms with Crippen LogP contribution < -0.4 is 0 Å². The quantitative estimate of drug-likeness (QED) is 0.599. The Morgan fingerprint density at radius 2 is 2.06 bits per heavy atom. The lowest BCUT2D eigenvalue weighted by molar-refractivity contribution is -0.136. The highest BCUT2D eigenvalue weighted by atomic mass is 35.5. The molecule has 0 amide bonds. The molecule has 0 radical (unpaired) electrons. The van der Waals surface area contributed by atoms with Crippen LogP contribution in [-0.4, -0.2) is 13.1 Å². The van der Waals surface area contributed by atoms with E-state index in [9.17, 15) is 4.79 Å². The van der Waals surface area contributed by atoms with E-state index in [-0.39, 0.29) is 5.97 Å². The standard InChI is InChI=1S/C14H17ClO2/c1-10(2)8-12(14(16)17-3)9-11-6-4-5-7-13(11)15/h4-7,9-10H,8H2,1-3H3/b12-9+. The fourth-order valence-corrected chi connectivity index (χ4v) is 1.74. The van der Waals surface area contributed by atoms with Crippen molar-refractivity contribution in [1.29, 1.82) is 0 Å². The monoisotopic (exact) mass is 252 g/mol. The summed E-state index contributed by atoms with van der Waals surface area (Å²) in [5.74, 6) is 0.0986. The molecular weight excluding hydrogens is 236 g/mol. The van der Waals surface area contributed by atoms with Crippen molar-refractivity contribution in [1.82, 2.24) is 0 Å². The van der Waals surface area contributed by atoms with Crippen LogP contribution in [0.5, 0.6) is 0 Å². The summed E-state index contributed by atoms with van der Waals surface area (Å²) >= 11 is 6.06. The lowest BCUT2D eigenvalue weighted by Gasteiger charge is -2.08. The number of carbonyl (C=O) groups is 1. The second-order valence-electron chi connectivity index (χ2n) is 4.28. The normalized spacial score (nSPS) is 11.7. The molecule has 0 spiro atoms. The van der Waals surface area contributed by atoms with Crippen LogP contribution in [0.1, 0.15) is 25.8 Å². The van der Waals surface area contributed by atoms with Crippen LogP contribution >= 0.6 is 11.6 Å². The lowest BCUT2D eigenvalue weighted by atomic mass is 10.0. The van der Waals surface area contributed by atoms with E-state index < -0.39 is 0 Å². The molecular formula is C14H17ClO2. The van der Waals surface area contributed by atoms with Gasteiger partial charge in [0.25, 0.3) is 0 Å². The fraction of sp³-hybridized carbons (Fsp3) is 0.357. The molecule has 0 heterocycles. The highest BCUT2D eigenvalue weighted by molar-refractivity contribution is 6.32. The zero-order valence-corrected chi connectivity index (χ0v) is 11.1. The predicted octanol–water partition coefficient (Wildman–Crippen LogP) is 3.94. The van der Waals surface area contributed by atoms with Gasteiger partial charge in [-0.25, -0.2) is 4.79 Å². The minimum atomic E-state index is -0.293. The average molecular weight is 253 g/mol. The maximum absolute atomic E-state index is 11.6. The van der Waals surface area contributed by atoms with Crippen molar-refractivity contribution in [3.63, 3.8) is 0 Å². The molecule has 0 aliphatic carbocycles. The van der Waals surface area contributed by atoms with Gasteiger partial charge in [-0.05, 0) is 30.0 Å². The first-order valence-electron chi connectivity index (χ1n) is 5.58. The molecule has 3 heteroatoms. The molecule has 0 fully saturated rings.